The molecule has 2 unspecified atom stereocenters. The summed E-state index contributed by atoms with van der Waals surface area (Å²) >= 11 is 0. The van der Waals surface area contributed by atoms with Crippen molar-refractivity contribution < 1.29 is 0 Å². The summed E-state index contributed by atoms with van der Waals surface area (Å²) in [7, 11) is 2.05. The maximum Gasteiger partial charge on any atom is 0.125 e. The van der Waals surface area contributed by atoms with Gasteiger partial charge in [-0.05, 0) is 38.9 Å². The molecule has 1 N–H and O–H groups in total. The summed E-state index contributed by atoms with van der Waals surface area (Å²) in [4.78, 5) is 6.91. The average molecular weight is 236 g/mol. The molecule has 4 heteroatoms. The first-order chi connectivity index (χ1) is 8.20. The molecule has 1 aliphatic heterocycles. The molecule has 4 nitrogen and oxygen atoms in total. The van der Waals surface area contributed by atoms with Crippen LogP contribution in [0.5, 0.6) is 0 Å². The second-order valence-electron chi connectivity index (χ2n) is 5.07. The van der Waals surface area contributed by atoms with Crippen molar-refractivity contribution in [1.82, 2.24) is 19.8 Å². The van der Waals surface area contributed by atoms with Crippen LogP contribution >= 0.6 is 0 Å². The van der Waals surface area contributed by atoms with Gasteiger partial charge in [0.05, 0.1) is 6.04 Å². The second-order valence-corrected chi connectivity index (χ2v) is 5.07. The molecule has 17 heavy (non-hydrogen) atoms. The number of nitrogens with zero attached hydrogens (tertiary/aromatic N) is 3. The summed E-state index contributed by atoms with van der Waals surface area (Å²) in [6, 6.07) is 0.339. The summed E-state index contributed by atoms with van der Waals surface area (Å²) in [5, 5.41) is 3.60. The molecule has 1 fully saturated rings. The summed E-state index contributed by atoms with van der Waals surface area (Å²) in [5.74, 6) is 1.92. The van der Waals surface area contributed by atoms with Crippen molar-refractivity contribution in [3.63, 3.8) is 0 Å². The second kappa shape index (κ2) is 5.65. The number of aromatic nitrogens is 2. The van der Waals surface area contributed by atoms with Crippen LogP contribution in [-0.2, 0) is 7.05 Å². The van der Waals surface area contributed by atoms with Gasteiger partial charge in [0.25, 0.3) is 0 Å². The number of rotatable bonds is 5. The highest BCUT2D eigenvalue weighted by molar-refractivity contribution is 4.97. The molecule has 0 spiro atoms. The standard InChI is InChI=1S/C13H24N4/c1-4-17-7-5-12(10-17)9-15-11(2)13-14-6-8-16(13)3/h6,8,11-12,15H,4-5,7,9-10H2,1-3H3. The van der Waals surface area contributed by atoms with Crippen molar-refractivity contribution in [2.45, 2.75) is 26.3 Å². The van der Waals surface area contributed by atoms with Crippen LogP contribution in [0.2, 0.25) is 0 Å². The van der Waals surface area contributed by atoms with Gasteiger partial charge < -0.3 is 14.8 Å². The van der Waals surface area contributed by atoms with Crippen LogP contribution in [0.15, 0.2) is 12.4 Å². The fourth-order valence-electron chi connectivity index (χ4n) is 2.60. The topological polar surface area (TPSA) is 33.1 Å². The Bertz CT molecular complexity index is 347. The van der Waals surface area contributed by atoms with Crippen LogP contribution in [-0.4, -0.2) is 40.6 Å². The maximum absolute atomic E-state index is 4.38. The van der Waals surface area contributed by atoms with Crippen molar-refractivity contribution in [3.8, 4) is 0 Å². The Morgan fingerprint density at radius 1 is 1.59 bits per heavy atom. The van der Waals surface area contributed by atoms with E-state index >= 15 is 0 Å². The van der Waals surface area contributed by atoms with Gasteiger partial charge in [-0.1, -0.05) is 6.92 Å². The SMILES string of the molecule is CCN1CCC(CNC(C)c2nccn2C)C1. The lowest BCUT2D eigenvalue weighted by molar-refractivity contribution is 0.335. The fraction of sp³-hybridized carbons (Fsp3) is 0.769. The quantitative estimate of drug-likeness (QED) is 0.839. The largest absolute Gasteiger partial charge is 0.337 e. The number of imidazole rings is 1. The van der Waals surface area contributed by atoms with Gasteiger partial charge in [-0.25, -0.2) is 4.98 Å². The summed E-state index contributed by atoms with van der Waals surface area (Å²) in [6.07, 6.45) is 5.19. The van der Waals surface area contributed by atoms with Crippen molar-refractivity contribution in [1.29, 1.82) is 0 Å². The zero-order valence-electron chi connectivity index (χ0n) is 11.2. The van der Waals surface area contributed by atoms with Crippen molar-refractivity contribution in [2.75, 3.05) is 26.2 Å². The summed E-state index contributed by atoms with van der Waals surface area (Å²) in [6.45, 7) is 9.23. The van der Waals surface area contributed by atoms with Crippen LogP contribution in [0.3, 0.4) is 0 Å². The van der Waals surface area contributed by atoms with Gasteiger partial charge in [-0.2, -0.15) is 0 Å². The molecular formula is C13H24N4. The molecule has 0 aliphatic carbocycles. The van der Waals surface area contributed by atoms with Gasteiger partial charge in [0, 0.05) is 26.0 Å². The van der Waals surface area contributed by atoms with E-state index in [9.17, 15) is 0 Å². The third-order valence-electron chi connectivity index (χ3n) is 3.78. The molecule has 1 aromatic rings. The van der Waals surface area contributed by atoms with E-state index in [2.05, 4.69) is 40.7 Å². The number of likely N-dealkylation sites (tertiary alicyclic amines) is 1. The van der Waals surface area contributed by atoms with Crippen LogP contribution in [0.1, 0.15) is 32.1 Å². The zero-order valence-corrected chi connectivity index (χ0v) is 11.2. The maximum atomic E-state index is 4.38. The summed E-state index contributed by atoms with van der Waals surface area (Å²) < 4.78 is 2.09. The molecule has 2 rings (SSSR count). The highest BCUT2D eigenvalue weighted by Gasteiger charge is 2.21. The Kier molecular flexibility index (Phi) is 4.18. The Hall–Kier alpha value is -0.870. The molecule has 1 aromatic heterocycles. The molecule has 2 heterocycles. The molecule has 96 valence electrons. The molecule has 0 saturated carbocycles. The van der Waals surface area contributed by atoms with Crippen LogP contribution in [0.25, 0.3) is 0 Å². The molecule has 0 aromatic carbocycles. The summed E-state index contributed by atoms with van der Waals surface area (Å²) in [5.41, 5.74) is 0. The minimum atomic E-state index is 0.339. The molecule has 1 saturated heterocycles. The molecule has 0 bridgehead atoms. The Labute approximate surface area is 104 Å². The van der Waals surface area contributed by atoms with E-state index in [0.717, 1.165) is 18.3 Å². The molecule has 1 aliphatic rings. The van der Waals surface area contributed by atoms with E-state index < -0.39 is 0 Å². The number of hydrogen-bond acceptors (Lipinski definition) is 3. The van der Waals surface area contributed by atoms with Gasteiger partial charge in [0.15, 0.2) is 0 Å². The van der Waals surface area contributed by atoms with Gasteiger partial charge in [0.1, 0.15) is 5.82 Å². The van der Waals surface area contributed by atoms with E-state index in [4.69, 9.17) is 0 Å². The number of hydrogen-bond donors (Lipinski definition) is 1. The smallest absolute Gasteiger partial charge is 0.125 e. The fourth-order valence-corrected chi connectivity index (χ4v) is 2.60. The van der Waals surface area contributed by atoms with Gasteiger partial charge >= 0.3 is 0 Å². The van der Waals surface area contributed by atoms with Gasteiger partial charge in [-0.3, -0.25) is 0 Å². The number of aryl methyl sites for hydroxylation is 1. The zero-order chi connectivity index (χ0) is 12.3. The predicted molar refractivity (Wildman–Crippen MR) is 69.8 cm³/mol. The van der Waals surface area contributed by atoms with Crippen LogP contribution < -0.4 is 5.32 Å². The third kappa shape index (κ3) is 3.07. The van der Waals surface area contributed by atoms with Crippen molar-refractivity contribution >= 4 is 0 Å². The molecular weight excluding hydrogens is 212 g/mol. The third-order valence-corrected chi connectivity index (χ3v) is 3.78. The highest BCUT2D eigenvalue weighted by atomic mass is 15.1. The minimum Gasteiger partial charge on any atom is -0.337 e. The monoisotopic (exact) mass is 236 g/mol. The highest BCUT2D eigenvalue weighted by Crippen LogP contribution is 2.16. The van der Waals surface area contributed by atoms with Crippen LogP contribution in [0.4, 0.5) is 0 Å². The Balaban J connectivity index is 1.77. The van der Waals surface area contributed by atoms with Gasteiger partial charge in [0.2, 0.25) is 0 Å². The lowest BCUT2D eigenvalue weighted by Crippen LogP contribution is -2.29. The van der Waals surface area contributed by atoms with E-state index in [1.165, 1.54) is 26.1 Å². The van der Waals surface area contributed by atoms with E-state index in [1.54, 1.807) is 0 Å². The number of nitrogens with one attached hydrogen (secondary N) is 1. The van der Waals surface area contributed by atoms with Crippen LogP contribution in [0, 0.1) is 5.92 Å². The lowest BCUT2D eigenvalue weighted by Gasteiger charge is -2.17. The Morgan fingerprint density at radius 2 is 2.41 bits per heavy atom. The van der Waals surface area contributed by atoms with Crippen molar-refractivity contribution in [3.05, 3.63) is 18.2 Å². The van der Waals surface area contributed by atoms with E-state index in [0.29, 0.717) is 6.04 Å². The lowest BCUT2D eigenvalue weighted by atomic mass is 10.1. The first-order valence-electron chi connectivity index (χ1n) is 6.63. The van der Waals surface area contributed by atoms with Crippen molar-refractivity contribution in [2.24, 2.45) is 13.0 Å². The first-order valence-corrected chi connectivity index (χ1v) is 6.63. The van der Waals surface area contributed by atoms with E-state index in [1.807, 2.05) is 12.4 Å². The first kappa shape index (κ1) is 12.6. The normalized spacial score (nSPS) is 23.1. The minimum absolute atomic E-state index is 0.339. The molecule has 2 atom stereocenters. The van der Waals surface area contributed by atoms with E-state index in [-0.39, 0.29) is 0 Å². The molecule has 0 amide bonds. The average Bonchev–Trinajstić information content (AvgIpc) is 2.94. The Morgan fingerprint density at radius 3 is 3.00 bits per heavy atom. The predicted octanol–water partition coefficient (Wildman–Crippen LogP) is 1.41. The van der Waals surface area contributed by atoms with Gasteiger partial charge in [-0.15, -0.1) is 0 Å². The molecule has 0 radical (unpaired) electrons.